The highest BCUT2D eigenvalue weighted by atomic mass is 32.2. The minimum absolute atomic E-state index is 0.0439. The fraction of sp³-hybridized carbons (Fsp3) is 0.500. The molecule has 0 spiro atoms. The maximum absolute atomic E-state index is 11.1. The normalized spacial score (nSPS) is 10.9. The molecule has 1 aromatic rings. The van der Waals surface area contributed by atoms with E-state index in [0.29, 0.717) is 10.5 Å². The van der Waals surface area contributed by atoms with Crippen LogP contribution in [0.2, 0.25) is 0 Å². The lowest BCUT2D eigenvalue weighted by molar-refractivity contribution is -0.385. The van der Waals surface area contributed by atoms with Crippen molar-refractivity contribution in [2.24, 2.45) is 0 Å². The number of carboxylic acid groups (broad SMARTS) is 1. The van der Waals surface area contributed by atoms with Gasteiger partial charge in [0.25, 0.3) is 5.69 Å². The molecule has 0 heterocycles. The Morgan fingerprint density at radius 2 is 2.00 bits per heavy atom. The summed E-state index contributed by atoms with van der Waals surface area (Å²) in [7, 11) is 0. The number of hydrogen-bond acceptors (Lipinski definition) is 5. The van der Waals surface area contributed by atoms with Gasteiger partial charge in [0.2, 0.25) is 0 Å². The van der Waals surface area contributed by atoms with E-state index in [2.05, 4.69) is 18.7 Å². The van der Waals surface area contributed by atoms with Gasteiger partial charge >= 0.3 is 5.97 Å². The second-order valence-electron chi connectivity index (χ2n) is 4.56. The van der Waals surface area contributed by atoms with E-state index in [1.54, 1.807) is 6.92 Å². The minimum Gasteiger partial charge on any atom is -0.478 e. The summed E-state index contributed by atoms with van der Waals surface area (Å²) in [5.41, 5.74) is 0.340. The van der Waals surface area contributed by atoms with Gasteiger partial charge in [-0.05, 0) is 26.1 Å². The van der Waals surface area contributed by atoms with E-state index in [1.807, 2.05) is 0 Å². The van der Waals surface area contributed by atoms with E-state index < -0.39 is 10.9 Å². The molecule has 7 heteroatoms. The predicted molar refractivity (Wildman–Crippen MR) is 83.3 cm³/mol. The molecule has 21 heavy (non-hydrogen) atoms. The molecule has 0 saturated carbocycles. The van der Waals surface area contributed by atoms with Crippen LogP contribution in [0.4, 0.5) is 5.69 Å². The van der Waals surface area contributed by atoms with Gasteiger partial charge in [0, 0.05) is 28.8 Å². The number of nitro groups is 1. The van der Waals surface area contributed by atoms with Crippen LogP contribution >= 0.6 is 11.8 Å². The van der Waals surface area contributed by atoms with Gasteiger partial charge in [-0.25, -0.2) is 4.79 Å². The Labute approximate surface area is 128 Å². The smallest absolute Gasteiger partial charge is 0.335 e. The molecule has 0 atom stereocenters. The van der Waals surface area contributed by atoms with E-state index in [0.717, 1.165) is 31.5 Å². The number of nitrogens with zero attached hydrogens (tertiary/aromatic N) is 2. The number of nitro benzene ring substituents is 1. The Balaban J connectivity index is 2.95. The number of carbonyl (C=O) groups is 1. The van der Waals surface area contributed by atoms with Crippen LogP contribution in [0, 0.1) is 17.0 Å². The molecule has 1 rings (SSSR count). The first kappa shape index (κ1) is 17.5. The molecule has 0 fully saturated rings. The zero-order valence-corrected chi connectivity index (χ0v) is 13.3. The fourth-order valence-electron chi connectivity index (χ4n) is 1.96. The number of rotatable bonds is 8. The summed E-state index contributed by atoms with van der Waals surface area (Å²) in [6.45, 7) is 8.58. The lowest BCUT2D eigenvalue weighted by Crippen LogP contribution is -2.25. The summed E-state index contributed by atoms with van der Waals surface area (Å²) < 4.78 is 0. The highest BCUT2D eigenvalue weighted by Gasteiger charge is 2.19. The van der Waals surface area contributed by atoms with Crippen molar-refractivity contribution in [3.8, 4) is 0 Å². The molecule has 1 aromatic carbocycles. The van der Waals surface area contributed by atoms with Gasteiger partial charge < -0.3 is 10.0 Å². The van der Waals surface area contributed by atoms with Crippen molar-refractivity contribution in [3.63, 3.8) is 0 Å². The molecule has 6 nitrogen and oxygen atoms in total. The second-order valence-corrected chi connectivity index (χ2v) is 5.69. The Kier molecular flexibility index (Phi) is 6.64. The van der Waals surface area contributed by atoms with E-state index in [9.17, 15) is 14.9 Å². The van der Waals surface area contributed by atoms with Crippen molar-refractivity contribution in [2.45, 2.75) is 25.7 Å². The van der Waals surface area contributed by atoms with E-state index in [-0.39, 0.29) is 11.3 Å². The van der Waals surface area contributed by atoms with Gasteiger partial charge in [-0.15, -0.1) is 11.8 Å². The average molecular weight is 312 g/mol. The first-order chi connectivity index (χ1) is 9.90. The summed E-state index contributed by atoms with van der Waals surface area (Å²) in [4.78, 5) is 24.5. The highest BCUT2D eigenvalue weighted by Crippen LogP contribution is 2.31. The average Bonchev–Trinajstić information content (AvgIpc) is 2.44. The Morgan fingerprint density at radius 3 is 2.48 bits per heavy atom. The maximum atomic E-state index is 11.1. The van der Waals surface area contributed by atoms with Crippen molar-refractivity contribution in [1.82, 2.24) is 4.90 Å². The second kappa shape index (κ2) is 7.99. The standard InChI is InChI=1S/C14H20N2O4S/c1-4-15(5-2)6-7-21-13-9-11(14(17)18)8-12(10(13)3)16(19)20/h8-9H,4-7H2,1-3H3,(H,17,18). The van der Waals surface area contributed by atoms with Crippen LogP contribution in [0.25, 0.3) is 0 Å². The first-order valence-electron chi connectivity index (χ1n) is 6.78. The van der Waals surface area contributed by atoms with Gasteiger partial charge in [0.15, 0.2) is 0 Å². The summed E-state index contributed by atoms with van der Waals surface area (Å²) in [5, 5.41) is 20.1. The number of carboxylic acids is 1. The lowest BCUT2D eigenvalue weighted by atomic mass is 10.1. The Morgan fingerprint density at radius 1 is 1.38 bits per heavy atom. The molecule has 0 aliphatic heterocycles. The summed E-state index contributed by atoms with van der Waals surface area (Å²) in [5.74, 6) is -0.383. The van der Waals surface area contributed by atoms with Crippen LogP contribution < -0.4 is 0 Å². The van der Waals surface area contributed by atoms with Gasteiger partial charge in [0.1, 0.15) is 0 Å². The maximum Gasteiger partial charge on any atom is 0.335 e. The van der Waals surface area contributed by atoms with Crippen LogP contribution in [0.3, 0.4) is 0 Å². The third-order valence-electron chi connectivity index (χ3n) is 3.34. The largest absolute Gasteiger partial charge is 0.478 e. The Hall–Kier alpha value is -1.60. The summed E-state index contributed by atoms with van der Waals surface area (Å²) >= 11 is 1.46. The highest BCUT2D eigenvalue weighted by molar-refractivity contribution is 7.99. The third kappa shape index (κ3) is 4.71. The third-order valence-corrected chi connectivity index (χ3v) is 4.46. The molecule has 0 radical (unpaired) electrons. The predicted octanol–water partition coefficient (Wildman–Crippen LogP) is 3.04. The molecule has 0 unspecified atom stereocenters. The zero-order valence-electron chi connectivity index (χ0n) is 12.5. The van der Waals surface area contributed by atoms with E-state index in [1.165, 1.54) is 17.8 Å². The van der Waals surface area contributed by atoms with Crippen LogP contribution in [0.5, 0.6) is 0 Å². The topological polar surface area (TPSA) is 83.7 Å². The molecule has 0 amide bonds. The van der Waals surface area contributed by atoms with Crippen molar-refractivity contribution in [2.75, 3.05) is 25.4 Å². The number of benzene rings is 1. The van der Waals surface area contributed by atoms with Crippen LogP contribution in [0.1, 0.15) is 29.8 Å². The quantitative estimate of drug-likeness (QED) is 0.451. The van der Waals surface area contributed by atoms with Crippen LogP contribution in [0.15, 0.2) is 17.0 Å². The van der Waals surface area contributed by atoms with E-state index in [4.69, 9.17) is 5.11 Å². The lowest BCUT2D eigenvalue weighted by Gasteiger charge is -2.17. The Bertz CT molecular complexity index is 530. The fourth-order valence-corrected chi connectivity index (χ4v) is 3.06. The van der Waals surface area contributed by atoms with Crippen molar-refractivity contribution in [3.05, 3.63) is 33.4 Å². The van der Waals surface area contributed by atoms with Crippen LogP contribution in [-0.4, -0.2) is 46.3 Å². The molecular weight excluding hydrogens is 292 g/mol. The van der Waals surface area contributed by atoms with Gasteiger partial charge in [-0.2, -0.15) is 0 Å². The van der Waals surface area contributed by atoms with E-state index >= 15 is 0 Å². The summed E-state index contributed by atoms with van der Waals surface area (Å²) in [6.07, 6.45) is 0. The summed E-state index contributed by atoms with van der Waals surface area (Å²) in [6, 6.07) is 2.63. The zero-order chi connectivity index (χ0) is 16.0. The molecule has 1 N–H and O–H groups in total. The van der Waals surface area contributed by atoms with Crippen molar-refractivity contribution < 1.29 is 14.8 Å². The molecule has 0 aliphatic carbocycles. The van der Waals surface area contributed by atoms with Gasteiger partial charge in [0.05, 0.1) is 10.5 Å². The van der Waals surface area contributed by atoms with Gasteiger partial charge in [-0.1, -0.05) is 13.8 Å². The van der Waals surface area contributed by atoms with Crippen molar-refractivity contribution in [1.29, 1.82) is 0 Å². The molecule has 0 aliphatic rings. The molecule has 0 saturated heterocycles. The minimum atomic E-state index is -1.15. The SMILES string of the molecule is CCN(CC)CCSc1cc(C(=O)O)cc([N+](=O)[O-])c1C. The first-order valence-corrected chi connectivity index (χ1v) is 7.76. The number of aromatic carboxylic acids is 1. The molecular formula is C14H20N2O4S. The number of thioether (sulfide) groups is 1. The molecule has 0 aromatic heterocycles. The monoisotopic (exact) mass is 312 g/mol. The van der Waals surface area contributed by atoms with Gasteiger partial charge in [-0.3, -0.25) is 10.1 Å². The van der Waals surface area contributed by atoms with Crippen LogP contribution in [-0.2, 0) is 0 Å². The molecule has 0 bridgehead atoms. The number of hydrogen-bond donors (Lipinski definition) is 1. The van der Waals surface area contributed by atoms with Crippen molar-refractivity contribution >= 4 is 23.4 Å². The molecule has 116 valence electrons.